The molecule has 1 aromatic carbocycles. The maximum Gasteiger partial charge on any atom is 0.223 e. The van der Waals surface area contributed by atoms with Gasteiger partial charge >= 0.3 is 0 Å². The summed E-state index contributed by atoms with van der Waals surface area (Å²) in [5.74, 6) is 1.33. The van der Waals surface area contributed by atoms with Gasteiger partial charge in [0, 0.05) is 38.5 Å². The Kier molecular flexibility index (Phi) is 8.03. The summed E-state index contributed by atoms with van der Waals surface area (Å²) in [6.07, 6.45) is 8.62. The van der Waals surface area contributed by atoms with Gasteiger partial charge in [0.2, 0.25) is 17.7 Å². The van der Waals surface area contributed by atoms with Crippen LogP contribution in [0.3, 0.4) is 0 Å². The van der Waals surface area contributed by atoms with E-state index >= 15 is 0 Å². The maximum atomic E-state index is 12.6. The van der Waals surface area contributed by atoms with Gasteiger partial charge in [-0.25, -0.2) is 0 Å². The van der Waals surface area contributed by atoms with Gasteiger partial charge in [0.05, 0.1) is 0 Å². The molecule has 0 spiro atoms. The van der Waals surface area contributed by atoms with E-state index in [-0.39, 0.29) is 18.6 Å². The molecule has 1 amide bonds. The molecule has 2 heterocycles. The number of aliphatic hydroxyl groups is 1. The number of aromatic nitrogens is 2. The first-order valence-corrected chi connectivity index (χ1v) is 10.5. The lowest BCUT2D eigenvalue weighted by atomic mass is 9.99. The number of hydrogen-bond donors (Lipinski definition) is 1. The van der Waals surface area contributed by atoms with Crippen molar-refractivity contribution in [3.8, 4) is 0 Å². The topological polar surface area (TPSA) is 79.5 Å². The summed E-state index contributed by atoms with van der Waals surface area (Å²) in [5.41, 5.74) is 1.35. The number of amides is 1. The zero-order valence-electron chi connectivity index (χ0n) is 16.6. The second-order valence-electron chi connectivity index (χ2n) is 7.53. The molecular formula is C22H31N3O3. The Morgan fingerprint density at radius 3 is 2.61 bits per heavy atom. The minimum absolute atomic E-state index is 0.126. The van der Waals surface area contributed by atoms with Crippen molar-refractivity contribution in [3.63, 3.8) is 0 Å². The van der Waals surface area contributed by atoms with Crippen LogP contribution in [0.2, 0.25) is 0 Å². The molecule has 6 heteroatoms. The minimum atomic E-state index is 0.126. The van der Waals surface area contributed by atoms with E-state index in [1.807, 2.05) is 11.0 Å². The second-order valence-corrected chi connectivity index (χ2v) is 7.53. The third-order valence-corrected chi connectivity index (χ3v) is 5.42. The SMILES string of the molecule is O=C(CCc1nnc(CCCCc2ccccc2)o1)N1CCCC[C@H]1CCO. The first-order chi connectivity index (χ1) is 13.8. The van der Waals surface area contributed by atoms with Gasteiger partial charge in [-0.1, -0.05) is 30.3 Å². The van der Waals surface area contributed by atoms with Crippen molar-refractivity contribution >= 4 is 5.91 Å². The Bertz CT molecular complexity index is 715. The highest BCUT2D eigenvalue weighted by molar-refractivity contribution is 5.76. The van der Waals surface area contributed by atoms with Crippen LogP contribution in [0.1, 0.15) is 62.3 Å². The highest BCUT2D eigenvalue weighted by Gasteiger charge is 2.26. The predicted octanol–water partition coefficient (Wildman–Crippen LogP) is 3.33. The fourth-order valence-corrected chi connectivity index (χ4v) is 3.88. The Morgan fingerprint density at radius 1 is 1.07 bits per heavy atom. The summed E-state index contributed by atoms with van der Waals surface area (Å²) in [7, 11) is 0. The third-order valence-electron chi connectivity index (χ3n) is 5.42. The van der Waals surface area contributed by atoms with Gasteiger partial charge in [0.1, 0.15) is 0 Å². The first-order valence-electron chi connectivity index (χ1n) is 10.5. The average molecular weight is 386 g/mol. The molecule has 6 nitrogen and oxygen atoms in total. The van der Waals surface area contributed by atoms with E-state index in [1.54, 1.807) is 0 Å². The normalized spacial score (nSPS) is 17.0. The summed E-state index contributed by atoms with van der Waals surface area (Å²) in [5, 5.41) is 17.4. The van der Waals surface area contributed by atoms with E-state index in [2.05, 4.69) is 34.5 Å². The van der Waals surface area contributed by atoms with E-state index < -0.39 is 0 Å². The maximum absolute atomic E-state index is 12.6. The van der Waals surface area contributed by atoms with Crippen molar-refractivity contribution in [2.45, 2.75) is 70.3 Å². The molecule has 1 aromatic heterocycles. The summed E-state index contributed by atoms with van der Waals surface area (Å²) in [6.45, 7) is 0.922. The average Bonchev–Trinajstić information content (AvgIpc) is 3.19. The van der Waals surface area contributed by atoms with Crippen molar-refractivity contribution < 1.29 is 14.3 Å². The number of nitrogens with zero attached hydrogens (tertiary/aromatic N) is 3. The van der Waals surface area contributed by atoms with Gasteiger partial charge in [-0.3, -0.25) is 4.79 Å². The number of rotatable bonds is 10. The van der Waals surface area contributed by atoms with Crippen LogP contribution in [0.15, 0.2) is 34.7 Å². The highest BCUT2D eigenvalue weighted by atomic mass is 16.4. The quantitative estimate of drug-likeness (QED) is 0.635. The van der Waals surface area contributed by atoms with E-state index in [0.717, 1.165) is 51.5 Å². The van der Waals surface area contributed by atoms with Gasteiger partial charge < -0.3 is 14.4 Å². The zero-order chi connectivity index (χ0) is 19.6. The predicted molar refractivity (Wildman–Crippen MR) is 107 cm³/mol. The van der Waals surface area contributed by atoms with Crippen LogP contribution in [0, 0.1) is 0 Å². The molecule has 0 saturated carbocycles. The van der Waals surface area contributed by atoms with E-state index in [1.165, 1.54) is 5.56 Å². The highest BCUT2D eigenvalue weighted by Crippen LogP contribution is 2.21. The molecule has 0 unspecified atom stereocenters. The monoisotopic (exact) mass is 385 g/mol. The summed E-state index contributed by atoms with van der Waals surface area (Å²) in [4.78, 5) is 14.5. The lowest BCUT2D eigenvalue weighted by molar-refractivity contribution is -0.135. The fraction of sp³-hybridized carbons (Fsp3) is 0.591. The second kappa shape index (κ2) is 11.0. The van der Waals surface area contributed by atoms with Gasteiger partial charge in [0.25, 0.3) is 0 Å². The molecule has 3 rings (SSSR count). The number of piperidine rings is 1. The molecule has 1 atom stereocenters. The number of likely N-dealkylation sites (tertiary alicyclic amines) is 1. The van der Waals surface area contributed by atoms with Gasteiger partial charge in [-0.2, -0.15) is 0 Å². The largest absolute Gasteiger partial charge is 0.425 e. The Morgan fingerprint density at radius 2 is 1.82 bits per heavy atom. The van der Waals surface area contributed by atoms with Crippen LogP contribution in [0.5, 0.6) is 0 Å². The third kappa shape index (κ3) is 6.16. The molecule has 2 aromatic rings. The van der Waals surface area contributed by atoms with Crippen LogP contribution in [-0.2, 0) is 24.1 Å². The van der Waals surface area contributed by atoms with Gasteiger partial charge in [-0.15, -0.1) is 10.2 Å². The molecule has 1 saturated heterocycles. The van der Waals surface area contributed by atoms with Crippen molar-refractivity contribution in [1.29, 1.82) is 0 Å². The standard InChI is InChI=1S/C22H31N3O3/c26-17-15-19-11-6-7-16-25(19)22(27)14-13-21-24-23-20(28-21)12-5-4-10-18-8-2-1-3-9-18/h1-3,8-9,19,26H,4-7,10-17H2/t19-/m0/s1. The van der Waals surface area contributed by atoms with E-state index in [9.17, 15) is 9.90 Å². The summed E-state index contributed by atoms with van der Waals surface area (Å²) >= 11 is 0. The number of hydrogen-bond acceptors (Lipinski definition) is 5. The molecule has 152 valence electrons. The molecule has 0 aliphatic carbocycles. The molecule has 1 fully saturated rings. The molecule has 1 aliphatic rings. The summed E-state index contributed by atoms with van der Waals surface area (Å²) in [6, 6.07) is 10.6. The van der Waals surface area contributed by atoms with Crippen LogP contribution in [0.25, 0.3) is 0 Å². The smallest absolute Gasteiger partial charge is 0.223 e. The van der Waals surface area contributed by atoms with Crippen LogP contribution in [-0.4, -0.2) is 45.3 Å². The molecule has 0 radical (unpaired) electrons. The Hall–Kier alpha value is -2.21. The number of aliphatic hydroxyl groups excluding tert-OH is 1. The van der Waals surface area contributed by atoms with E-state index in [4.69, 9.17) is 4.42 Å². The summed E-state index contributed by atoms with van der Waals surface area (Å²) < 4.78 is 5.72. The number of unbranched alkanes of at least 4 members (excludes halogenated alkanes) is 1. The number of carbonyl (C=O) groups is 1. The fourth-order valence-electron chi connectivity index (χ4n) is 3.88. The Balaban J connectivity index is 1.38. The molecule has 0 bridgehead atoms. The lowest BCUT2D eigenvalue weighted by Crippen LogP contribution is -2.44. The van der Waals surface area contributed by atoms with Gasteiger partial charge in [-0.05, 0) is 50.5 Å². The van der Waals surface area contributed by atoms with Crippen molar-refractivity contribution in [1.82, 2.24) is 15.1 Å². The molecular weight excluding hydrogens is 354 g/mol. The zero-order valence-corrected chi connectivity index (χ0v) is 16.6. The molecule has 28 heavy (non-hydrogen) atoms. The van der Waals surface area contributed by atoms with E-state index in [0.29, 0.717) is 31.0 Å². The lowest BCUT2D eigenvalue weighted by Gasteiger charge is -2.35. The van der Waals surface area contributed by atoms with Crippen LogP contribution < -0.4 is 0 Å². The Labute approximate surface area is 167 Å². The number of benzene rings is 1. The van der Waals surface area contributed by atoms with Crippen molar-refractivity contribution in [3.05, 3.63) is 47.7 Å². The van der Waals surface area contributed by atoms with Crippen molar-refractivity contribution in [2.75, 3.05) is 13.2 Å². The minimum Gasteiger partial charge on any atom is -0.425 e. The molecule has 1 N–H and O–H groups in total. The van der Waals surface area contributed by atoms with Gasteiger partial charge in [0.15, 0.2) is 0 Å². The number of aryl methyl sites for hydroxylation is 3. The van der Waals surface area contributed by atoms with Crippen molar-refractivity contribution in [2.24, 2.45) is 0 Å². The van der Waals surface area contributed by atoms with Crippen LogP contribution >= 0.6 is 0 Å². The first kappa shape index (κ1) is 20.5. The number of carbonyl (C=O) groups excluding carboxylic acids is 1. The molecule has 1 aliphatic heterocycles. The van der Waals surface area contributed by atoms with Crippen LogP contribution in [0.4, 0.5) is 0 Å².